The lowest BCUT2D eigenvalue weighted by Gasteiger charge is -2.15. The number of aryl methyl sites for hydroxylation is 2. The molecule has 5 nitrogen and oxygen atoms in total. The fourth-order valence-corrected chi connectivity index (χ4v) is 2.76. The first-order valence-electron chi connectivity index (χ1n) is 9.27. The number of carbonyl (C=O) groups excluding carboxylic acids is 1. The molecule has 0 amide bonds. The molecule has 0 radical (unpaired) electrons. The molecule has 0 N–H and O–H groups in total. The van der Waals surface area contributed by atoms with Crippen molar-refractivity contribution in [1.82, 2.24) is 0 Å². The summed E-state index contributed by atoms with van der Waals surface area (Å²) in [6.07, 6.45) is 1.81. The van der Waals surface area contributed by atoms with Crippen LogP contribution in [0.2, 0.25) is 0 Å². The van der Waals surface area contributed by atoms with Crippen LogP contribution in [0.1, 0.15) is 37.0 Å². The van der Waals surface area contributed by atoms with Crippen molar-refractivity contribution >= 4 is 5.97 Å². The van der Waals surface area contributed by atoms with Gasteiger partial charge < -0.3 is 18.9 Å². The van der Waals surface area contributed by atoms with Crippen molar-refractivity contribution < 1.29 is 23.7 Å². The summed E-state index contributed by atoms with van der Waals surface area (Å²) in [5, 5.41) is 0. The first kappa shape index (κ1) is 20.8. The summed E-state index contributed by atoms with van der Waals surface area (Å²) >= 11 is 0. The maximum atomic E-state index is 11.7. The van der Waals surface area contributed by atoms with E-state index in [1.54, 1.807) is 14.0 Å². The van der Waals surface area contributed by atoms with Gasteiger partial charge in [0.2, 0.25) is 0 Å². The predicted octanol–water partition coefficient (Wildman–Crippen LogP) is 4.31. The summed E-state index contributed by atoms with van der Waals surface area (Å²) in [5.74, 6) is 1.16. The van der Waals surface area contributed by atoms with E-state index in [0.717, 1.165) is 17.5 Å². The maximum Gasteiger partial charge on any atom is 0.306 e. The Balaban J connectivity index is 2.14. The molecule has 0 aliphatic heterocycles. The molecule has 0 atom stereocenters. The van der Waals surface area contributed by atoms with Crippen LogP contribution >= 0.6 is 0 Å². The van der Waals surface area contributed by atoms with Gasteiger partial charge in [0, 0.05) is 19.6 Å². The van der Waals surface area contributed by atoms with Gasteiger partial charge >= 0.3 is 5.97 Å². The van der Waals surface area contributed by atoms with Crippen LogP contribution in [0, 0.1) is 0 Å². The molecule has 2 aromatic rings. The SMILES string of the molecule is CCOC(=O)CCc1ccc(OCOC)cc1OCc1ccccc1CC. The van der Waals surface area contributed by atoms with Crippen LogP contribution in [0.3, 0.4) is 0 Å². The maximum absolute atomic E-state index is 11.7. The van der Waals surface area contributed by atoms with Crippen molar-refractivity contribution in [3.63, 3.8) is 0 Å². The lowest BCUT2D eigenvalue weighted by atomic mass is 10.1. The Bertz CT molecular complexity index is 726. The second-order valence-corrected chi connectivity index (χ2v) is 6.04. The van der Waals surface area contributed by atoms with Crippen LogP contribution in [-0.4, -0.2) is 26.5 Å². The molecule has 0 unspecified atom stereocenters. The second kappa shape index (κ2) is 11.2. The topological polar surface area (TPSA) is 54.0 Å². The molecular formula is C22H28O5. The standard InChI is InChI=1S/C22H28O5/c1-4-17-8-6-7-9-19(17)15-26-21-14-20(27-16-24-3)12-10-18(21)11-13-22(23)25-5-2/h6-10,12,14H,4-5,11,13,15-16H2,1-3H3. The van der Waals surface area contributed by atoms with Crippen LogP contribution in [0.5, 0.6) is 11.5 Å². The van der Waals surface area contributed by atoms with Crippen molar-refractivity contribution in [3.8, 4) is 11.5 Å². The van der Waals surface area contributed by atoms with Gasteiger partial charge in [0.15, 0.2) is 6.79 Å². The third kappa shape index (κ3) is 6.61. The molecule has 0 saturated heterocycles. The van der Waals surface area contributed by atoms with E-state index >= 15 is 0 Å². The Hall–Kier alpha value is -2.53. The zero-order valence-electron chi connectivity index (χ0n) is 16.3. The van der Waals surface area contributed by atoms with E-state index in [2.05, 4.69) is 19.1 Å². The van der Waals surface area contributed by atoms with Gasteiger partial charge in [0.1, 0.15) is 18.1 Å². The molecule has 5 heteroatoms. The predicted molar refractivity (Wildman–Crippen MR) is 104 cm³/mol. The van der Waals surface area contributed by atoms with Gasteiger partial charge in [-0.3, -0.25) is 4.79 Å². The molecule has 0 heterocycles. The number of esters is 1. The second-order valence-electron chi connectivity index (χ2n) is 6.04. The molecule has 0 saturated carbocycles. The van der Waals surface area contributed by atoms with Crippen molar-refractivity contribution in [2.75, 3.05) is 20.5 Å². The highest BCUT2D eigenvalue weighted by atomic mass is 16.7. The van der Waals surface area contributed by atoms with Crippen molar-refractivity contribution in [2.45, 2.75) is 39.7 Å². The highest BCUT2D eigenvalue weighted by Crippen LogP contribution is 2.27. The average molecular weight is 372 g/mol. The molecule has 27 heavy (non-hydrogen) atoms. The molecule has 0 aliphatic rings. The fourth-order valence-electron chi connectivity index (χ4n) is 2.76. The van der Waals surface area contributed by atoms with E-state index in [4.69, 9.17) is 18.9 Å². The van der Waals surface area contributed by atoms with Gasteiger partial charge in [-0.2, -0.15) is 0 Å². The number of ether oxygens (including phenoxy) is 4. The largest absolute Gasteiger partial charge is 0.488 e. The van der Waals surface area contributed by atoms with Gasteiger partial charge in [-0.25, -0.2) is 0 Å². The number of benzene rings is 2. The van der Waals surface area contributed by atoms with Gasteiger partial charge in [0.25, 0.3) is 0 Å². The Morgan fingerprint density at radius 2 is 1.74 bits per heavy atom. The van der Waals surface area contributed by atoms with Gasteiger partial charge in [-0.1, -0.05) is 37.3 Å². The first-order valence-corrected chi connectivity index (χ1v) is 9.27. The van der Waals surface area contributed by atoms with E-state index in [0.29, 0.717) is 37.6 Å². The van der Waals surface area contributed by atoms with E-state index in [9.17, 15) is 4.79 Å². The van der Waals surface area contributed by atoms with Crippen LogP contribution in [0.4, 0.5) is 0 Å². The average Bonchev–Trinajstić information content (AvgIpc) is 2.70. The summed E-state index contributed by atoms with van der Waals surface area (Å²) in [5.41, 5.74) is 3.36. The van der Waals surface area contributed by atoms with Crippen LogP contribution in [0.25, 0.3) is 0 Å². The summed E-state index contributed by atoms with van der Waals surface area (Å²) < 4.78 is 21.6. The monoisotopic (exact) mass is 372 g/mol. The molecule has 146 valence electrons. The van der Waals surface area contributed by atoms with Crippen molar-refractivity contribution in [3.05, 3.63) is 59.2 Å². The number of rotatable bonds is 11. The normalized spacial score (nSPS) is 10.5. The highest BCUT2D eigenvalue weighted by Gasteiger charge is 2.11. The fraction of sp³-hybridized carbons (Fsp3) is 0.409. The van der Waals surface area contributed by atoms with Gasteiger partial charge in [-0.15, -0.1) is 0 Å². The number of carbonyl (C=O) groups is 1. The summed E-state index contributed by atoms with van der Waals surface area (Å²) in [7, 11) is 1.58. The molecule has 0 aliphatic carbocycles. The summed E-state index contributed by atoms with van der Waals surface area (Å²) in [4.78, 5) is 11.7. The Morgan fingerprint density at radius 1 is 0.963 bits per heavy atom. The molecule has 2 aromatic carbocycles. The van der Waals surface area contributed by atoms with E-state index in [1.165, 1.54) is 5.56 Å². The number of hydrogen-bond donors (Lipinski definition) is 0. The molecule has 0 bridgehead atoms. The van der Waals surface area contributed by atoms with Crippen molar-refractivity contribution in [2.24, 2.45) is 0 Å². The molecule has 0 aromatic heterocycles. The third-order valence-corrected chi connectivity index (χ3v) is 4.17. The summed E-state index contributed by atoms with van der Waals surface area (Å²) in [6.45, 7) is 4.95. The Labute approximate surface area is 161 Å². The lowest BCUT2D eigenvalue weighted by Crippen LogP contribution is -2.07. The molecule has 0 spiro atoms. The van der Waals surface area contributed by atoms with Gasteiger partial charge in [-0.05, 0) is 42.5 Å². The van der Waals surface area contributed by atoms with Crippen LogP contribution in [0.15, 0.2) is 42.5 Å². The minimum absolute atomic E-state index is 0.167. The smallest absolute Gasteiger partial charge is 0.306 e. The summed E-state index contributed by atoms with van der Waals surface area (Å²) in [6, 6.07) is 13.8. The first-order chi connectivity index (χ1) is 13.2. The van der Waals surface area contributed by atoms with Crippen LogP contribution in [-0.2, 0) is 33.7 Å². The number of methoxy groups -OCH3 is 1. The lowest BCUT2D eigenvalue weighted by molar-refractivity contribution is -0.143. The van der Waals surface area contributed by atoms with Gasteiger partial charge in [0.05, 0.1) is 6.61 Å². The van der Waals surface area contributed by atoms with Crippen LogP contribution < -0.4 is 9.47 Å². The quantitative estimate of drug-likeness (QED) is 0.435. The minimum Gasteiger partial charge on any atom is -0.488 e. The molecular weight excluding hydrogens is 344 g/mol. The minimum atomic E-state index is -0.209. The zero-order chi connectivity index (χ0) is 19.5. The molecule has 0 fully saturated rings. The molecule has 2 rings (SSSR count). The van der Waals surface area contributed by atoms with E-state index in [1.807, 2.05) is 30.3 Å². The Kier molecular flexibility index (Phi) is 8.65. The highest BCUT2D eigenvalue weighted by molar-refractivity contribution is 5.69. The number of hydrogen-bond acceptors (Lipinski definition) is 5. The van der Waals surface area contributed by atoms with Crippen molar-refractivity contribution in [1.29, 1.82) is 0 Å². The third-order valence-electron chi connectivity index (χ3n) is 4.17. The van der Waals surface area contributed by atoms with E-state index in [-0.39, 0.29) is 12.8 Å². The van der Waals surface area contributed by atoms with E-state index < -0.39 is 0 Å². The zero-order valence-corrected chi connectivity index (χ0v) is 16.3. The Morgan fingerprint density at radius 3 is 2.44 bits per heavy atom.